The largest absolute Gasteiger partial charge is 0.327 e. The maximum Gasteiger partial charge on any atom is 0.227 e. The molecule has 1 aliphatic heterocycles. The van der Waals surface area contributed by atoms with E-state index in [0.717, 1.165) is 38.2 Å². The third kappa shape index (κ3) is 3.34. The summed E-state index contributed by atoms with van der Waals surface area (Å²) in [6.07, 6.45) is 6.81. The Morgan fingerprint density at radius 2 is 2.00 bits per heavy atom. The van der Waals surface area contributed by atoms with Gasteiger partial charge in [-0.05, 0) is 67.7 Å². The van der Waals surface area contributed by atoms with Gasteiger partial charge in [-0.1, -0.05) is 25.5 Å². The van der Waals surface area contributed by atoms with Crippen molar-refractivity contribution in [3.05, 3.63) is 29.3 Å². The predicted molar refractivity (Wildman–Crippen MR) is 101 cm³/mol. The number of amides is 1. The molecule has 4 rings (SSSR count). The average molecular weight is 341 g/mol. The Labute approximate surface area is 151 Å². The average Bonchev–Trinajstić information content (AvgIpc) is 2.98. The first-order valence-corrected chi connectivity index (χ1v) is 10.0. The zero-order valence-electron chi connectivity index (χ0n) is 15.3. The molecule has 2 fully saturated rings. The van der Waals surface area contributed by atoms with E-state index in [2.05, 4.69) is 35.3 Å². The van der Waals surface area contributed by atoms with Crippen LogP contribution in [0.25, 0.3) is 0 Å². The van der Waals surface area contributed by atoms with Crippen molar-refractivity contribution >= 4 is 11.6 Å². The van der Waals surface area contributed by atoms with Gasteiger partial charge in [-0.3, -0.25) is 9.69 Å². The first-order valence-electron chi connectivity index (χ1n) is 10.0. The van der Waals surface area contributed by atoms with Gasteiger partial charge in [-0.15, -0.1) is 0 Å². The van der Waals surface area contributed by atoms with Gasteiger partial charge < -0.3 is 11.1 Å². The van der Waals surface area contributed by atoms with E-state index in [0.29, 0.717) is 17.9 Å². The number of nitrogens with zero attached hydrogens (tertiary/aromatic N) is 1. The van der Waals surface area contributed by atoms with E-state index >= 15 is 0 Å². The minimum atomic E-state index is 0.138. The van der Waals surface area contributed by atoms with Crippen molar-refractivity contribution < 1.29 is 4.79 Å². The quantitative estimate of drug-likeness (QED) is 0.881. The molecule has 1 aromatic rings. The number of anilines is 1. The number of nitrogens with two attached hydrogens (primary N) is 1. The highest BCUT2D eigenvalue weighted by atomic mass is 16.1. The summed E-state index contributed by atoms with van der Waals surface area (Å²) in [5.41, 5.74) is 10.1. The molecule has 2 unspecified atom stereocenters. The number of hydrogen-bond acceptors (Lipinski definition) is 3. The Morgan fingerprint density at radius 1 is 1.24 bits per heavy atom. The lowest BCUT2D eigenvalue weighted by molar-refractivity contribution is -0.122. The second-order valence-electron chi connectivity index (χ2n) is 8.34. The molecular weight excluding hydrogens is 310 g/mol. The molecule has 0 spiro atoms. The van der Waals surface area contributed by atoms with Gasteiger partial charge >= 0.3 is 0 Å². The maximum absolute atomic E-state index is 12.9. The monoisotopic (exact) mass is 341 g/mol. The van der Waals surface area contributed by atoms with Crippen LogP contribution in [0.15, 0.2) is 18.2 Å². The fourth-order valence-electron chi connectivity index (χ4n) is 5.32. The molecule has 2 saturated carbocycles. The van der Waals surface area contributed by atoms with E-state index in [9.17, 15) is 4.79 Å². The molecule has 4 heteroatoms. The van der Waals surface area contributed by atoms with Crippen LogP contribution in [0.5, 0.6) is 0 Å². The lowest BCUT2D eigenvalue weighted by Gasteiger charge is -2.43. The molecule has 0 radical (unpaired) electrons. The molecule has 2 atom stereocenters. The van der Waals surface area contributed by atoms with Crippen LogP contribution in [0.1, 0.15) is 56.6 Å². The number of nitrogens with one attached hydrogen (secondary N) is 1. The number of rotatable bonds is 4. The summed E-state index contributed by atoms with van der Waals surface area (Å²) in [6.45, 7) is 5.30. The lowest BCUT2D eigenvalue weighted by atomic mass is 9.65. The van der Waals surface area contributed by atoms with Crippen molar-refractivity contribution in [2.45, 2.75) is 64.6 Å². The molecule has 3 aliphatic rings. The summed E-state index contributed by atoms with van der Waals surface area (Å²) in [4.78, 5) is 15.4. The SMILES string of the molecule is CCCN1Cc2cccc(NC(=O)C3CC4CCCC(C3)C4N)c2C1. The summed E-state index contributed by atoms with van der Waals surface area (Å²) in [7, 11) is 0. The van der Waals surface area contributed by atoms with Crippen LogP contribution in [0.3, 0.4) is 0 Å². The van der Waals surface area contributed by atoms with Crippen LogP contribution in [0.4, 0.5) is 5.69 Å². The van der Waals surface area contributed by atoms with Gasteiger partial charge in [-0.2, -0.15) is 0 Å². The van der Waals surface area contributed by atoms with Gasteiger partial charge in [0, 0.05) is 30.7 Å². The van der Waals surface area contributed by atoms with Crippen LogP contribution < -0.4 is 11.1 Å². The van der Waals surface area contributed by atoms with Crippen LogP contribution in [0.2, 0.25) is 0 Å². The van der Waals surface area contributed by atoms with Gasteiger partial charge in [-0.25, -0.2) is 0 Å². The molecule has 136 valence electrons. The van der Waals surface area contributed by atoms with Crippen LogP contribution >= 0.6 is 0 Å². The third-order valence-corrected chi connectivity index (χ3v) is 6.63. The Kier molecular flexibility index (Phi) is 4.83. The molecule has 1 amide bonds. The highest BCUT2D eigenvalue weighted by Crippen LogP contribution is 2.42. The van der Waals surface area contributed by atoms with Crippen molar-refractivity contribution in [3.63, 3.8) is 0 Å². The molecule has 1 aromatic carbocycles. The first-order chi connectivity index (χ1) is 12.2. The smallest absolute Gasteiger partial charge is 0.227 e. The number of hydrogen-bond donors (Lipinski definition) is 2. The number of carbonyl (C=O) groups is 1. The van der Waals surface area contributed by atoms with Crippen molar-refractivity contribution in [2.75, 3.05) is 11.9 Å². The molecular formula is C21H31N3O. The molecule has 0 aromatic heterocycles. The molecule has 0 saturated heterocycles. The summed E-state index contributed by atoms with van der Waals surface area (Å²) >= 11 is 0. The second-order valence-corrected chi connectivity index (χ2v) is 8.34. The Morgan fingerprint density at radius 3 is 2.72 bits per heavy atom. The van der Waals surface area contributed by atoms with E-state index in [1.807, 2.05) is 0 Å². The van der Waals surface area contributed by atoms with Crippen molar-refractivity contribution in [3.8, 4) is 0 Å². The normalized spacial score (nSPS) is 31.6. The molecule has 3 N–H and O–H groups in total. The van der Waals surface area contributed by atoms with Crippen molar-refractivity contribution in [1.82, 2.24) is 4.90 Å². The minimum Gasteiger partial charge on any atom is -0.327 e. The fraction of sp³-hybridized carbons (Fsp3) is 0.667. The maximum atomic E-state index is 12.9. The Balaban J connectivity index is 1.45. The highest BCUT2D eigenvalue weighted by Gasteiger charge is 2.40. The zero-order valence-corrected chi connectivity index (χ0v) is 15.3. The Hall–Kier alpha value is -1.39. The number of fused-ring (bicyclic) bond motifs is 3. The number of carbonyl (C=O) groups excluding carboxylic acids is 1. The summed E-state index contributed by atoms with van der Waals surface area (Å²) in [5, 5.41) is 3.27. The van der Waals surface area contributed by atoms with E-state index in [1.54, 1.807) is 0 Å². The predicted octanol–water partition coefficient (Wildman–Crippen LogP) is 3.50. The van der Waals surface area contributed by atoms with E-state index in [4.69, 9.17) is 5.73 Å². The zero-order chi connectivity index (χ0) is 17.4. The van der Waals surface area contributed by atoms with E-state index in [-0.39, 0.29) is 11.8 Å². The summed E-state index contributed by atoms with van der Waals surface area (Å²) < 4.78 is 0. The molecule has 1 heterocycles. The number of benzene rings is 1. The topological polar surface area (TPSA) is 58.4 Å². The van der Waals surface area contributed by atoms with Gasteiger partial charge in [0.2, 0.25) is 5.91 Å². The standard InChI is InChI=1S/C21H31N3O/c1-2-9-24-12-16-7-4-8-19(18(16)13-24)23-21(25)17-10-14-5-3-6-15(11-17)20(14)22/h4,7-8,14-15,17,20H,2-3,5-6,9-13,22H2,1H3,(H,23,25). The summed E-state index contributed by atoms with van der Waals surface area (Å²) in [6, 6.07) is 6.67. The summed E-state index contributed by atoms with van der Waals surface area (Å²) in [5.74, 6) is 1.44. The van der Waals surface area contributed by atoms with Gasteiger partial charge in [0.05, 0.1) is 0 Å². The lowest BCUT2D eigenvalue weighted by Crippen LogP contribution is -2.48. The van der Waals surface area contributed by atoms with Crippen LogP contribution in [0, 0.1) is 17.8 Å². The van der Waals surface area contributed by atoms with Gasteiger partial charge in [0.15, 0.2) is 0 Å². The van der Waals surface area contributed by atoms with Gasteiger partial charge in [0.25, 0.3) is 0 Å². The molecule has 4 nitrogen and oxygen atoms in total. The van der Waals surface area contributed by atoms with E-state index in [1.165, 1.54) is 36.8 Å². The van der Waals surface area contributed by atoms with Gasteiger partial charge in [0.1, 0.15) is 0 Å². The molecule has 25 heavy (non-hydrogen) atoms. The van der Waals surface area contributed by atoms with Crippen molar-refractivity contribution in [1.29, 1.82) is 0 Å². The van der Waals surface area contributed by atoms with Crippen molar-refractivity contribution in [2.24, 2.45) is 23.5 Å². The van der Waals surface area contributed by atoms with E-state index < -0.39 is 0 Å². The highest BCUT2D eigenvalue weighted by molar-refractivity contribution is 5.93. The second kappa shape index (κ2) is 7.08. The Bertz CT molecular complexity index is 630. The third-order valence-electron chi connectivity index (χ3n) is 6.63. The fourth-order valence-corrected chi connectivity index (χ4v) is 5.32. The molecule has 2 bridgehead atoms. The van der Waals surface area contributed by atoms with Crippen LogP contribution in [-0.2, 0) is 17.9 Å². The molecule has 2 aliphatic carbocycles. The first kappa shape index (κ1) is 17.0. The van der Waals surface area contributed by atoms with Crippen LogP contribution in [-0.4, -0.2) is 23.4 Å². The minimum absolute atomic E-state index is 0.138.